The Balaban J connectivity index is 2.38. The summed E-state index contributed by atoms with van der Waals surface area (Å²) in [6, 6.07) is 6.73. The van der Waals surface area contributed by atoms with Gasteiger partial charge in [-0.3, -0.25) is 0 Å². The van der Waals surface area contributed by atoms with Gasteiger partial charge in [0.2, 0.25) is 0 Å². The van der Waals surface area contributed by atoms with E-state index in [1.165, 1.54) is 18.0 Å². The van der Waals surface area contributed by atoms with E-state index in [0.717, 1.165) is 0 Å². The number of carbonyl (C=O) groups is 2. The molecule has 0 fully saturated rings. The molecule has 2 rings (SSSR count). The third-order valence-electron chi connectivity index (χ3n) is 2.53. The second-order valence-electron chi connectivity index (χ2n) is 3.78. The van der Waals surface area contributed by atoms with E-state index in [2.05, 4.69) is 10.3 Å². The van der Waals surface area contributed by atoms with Gasteiger partial charge in [-0.05, 0) is 19.1 Å². The molecule has 2 aromatic rings. The number of carbonyl (C=O) groups excluding carboxylic acids is 2. The summed E-state index contributed by atoms with van der Waals surface area (Å²) < 4.78 is 10.9. The minimum absolute atomic E-state index is 0.0755. The topological polar surface area (TPSA) is 83.3 Å². The first kappa shape index (κ1) is 13.7. The van der Waals surface area contributed by atoms with Crippen molar-refractivity contribution in [2.75, 3.05) is 13.7 Å². The number of nitrogens with zero attached hydrogens (tertiary/aromatic N) is 3. The predicted octanol–water partition coefficient (Wildman–Crippen LogP) is 1.23. The summed E-state index contributed by atoms with van der Waals surface area (Å²) in [5.74, 6) is -1.05. The van der Waals surface area contributed by atoms with Crippen molar-refractivity contribution in [3.63, 3.8) is 0 Å². The summed E-state index contributed by atoms with van der Waals surface area (Å²) in [4.78, 5) is 23.2. The highest BCUT2D eigenvalue weighted by Crippen LogP contribution is 2.15. The van der Waals surface area contributed by atoms with Gasteiger partial charge in [-0.2, -0.15) is 0 Å². The van der Waals surface area contributed by atoms with E-state index >= 15 is 0 Å². The van der Waals surface area contributed by atoms with Crippen LogP contribution < -0.4 is 0 Å². The summed E-state index contributed by atoms with van der Waals surface area (Å²) in [7, 11) is 1.30. The van der Waals surface area contributed by atoms with Gasteiger partial charge in [0.25, 0.3) is 0 Å². The Morgan fingerprint density at radius 2 is 2.00 bits per heavy atom. The summed E-state index contributed by atoms with van der Waals surface area (Å²) in [6.07, 6.45) is 1.40. The number of hydrogen-bond acceptors (Lipinski definition) is 6. The second-order valence-corrected chi connectivity index (χ2v) is 3.78. The Kier molecular flexibility index (Phi) is 4.09. The predicted molar refractivity (Wildman–Crippen MR) is 68.7 cm³/mol. The van der Waals surface area contributed by atoms with Crippen LogP contribution >= 0.6 is 0 Å². The lowest BCUT2D eigenvalue weighted by molar-refractivity contribution is 0.0518. The average Bonchev–Trinajstić information content (AvgIpc) is 2.96. The van der Waals surface area contributed by atoms with Gasteiger partial charge in [0.15, 0.2) is 5.69 Å². The van der Waals surface area contributed by atoms with E-state index < -0.39 is 11.9 Å². The quantitative estimate of drug-likeness (QED) is 0.780. The number of hydrogen-bond donors (Lipinski definition) is 0. The molecule has 1 aromatic carbocycles. The van der Waals surface area contributed by atoms with Crippen LogP contribution in [0.5, 0.6) is 0 Å². The number of benzene rings is 1. The van der Waals surface area contributed by atoms with Gasteiger partial charge >= 0.3 is 11.9 Å². The smallest absolute Gasteiger partial charge is 0.360 e. The third kappa shape index (κ3) is 2.66. The van der Waals surface area contributed by atoms with Crippen molar-refractivity contribution in [2.24, 2.45) is 0 Å². The molecular formula is C13H13N3O4. The number of esters is 2. The second kappa shape index (κ2) is 5.96. The van der Waals surface area contributed by atoms with Crippen molar-refractivity contribution < 1.29 is 19.1 Å². The van der Waals surface area contributed by atoms with Crippen molar-refractivity contribution in [3.05, 3.63) is 41.7 Å². The molecular weight excluding hydrogens is 262 g/mol. The van der Waals surface area contributed by atoms with Crippen LogP contribution in [0, 0.1) is 0 Å². The van der Waals surface area contributed by atoms with Crippen LogP contribution in [0.1, 0.15) is 27.8 Å². The lowest BCUT2D eigenvalue weighted by atomic mass is 10.2. The minimum Gasteiger partial charge on any atom is -0.465 e. The van der Waals surface area contributed by atoms with Crippen molar-refractivity contribution in [1.82, 2.24) is 15.0 Å². The molecule has 0 radical (unpaired) electrons. The maximum absolute atomic E-state index is 11.7. The number of aromatic nitrogens is 3. The monoisotopic (exact) mass is 275 g/mol. The van der Waals surface area contributed by atoms with Gasteiger partial charge < -0.3 is 9.47 Å². The molecule has 20 heavy (non-hydrogen) atoms. The van der Waals surface area contributed by atoms with E-state index in [9.17, 15) is 9.59 Å². The maximum Gasteiger partial charge on any atom is 0.360 e. The van der Waals surface area contributed by atoms with Gasteiger partial charge in [0.1, 0.15) is 0 Å². The van der Waals surface area contributed by atoms with Crippen LogP contribution in [-0.2, 0) is 9.47 Å². The Morgan fingerprint density at radius 1 is 1.25 bits per heavy atom. The highest BCUT2D eigenvalue weighted by atomic mass is 16.5. The first-order valence-corrected chi connectivity index (χ1v) is 5.94. The SMILES string of the molecule is CCOC(=O)c1cn(-c2ccccc2C(=O)OC)nn1. The summed E-state index contributed by atoms with van der Waals surface area (Å²) in [5, 5.41) is 7.55. The molecule has 0 amide bonds. The van der Waals surface area contributed by atoms with Crippen LogP contribution in [0.2, 0.25) is 0 Å². The Bertz CT molecular complexity index is 636. The summed E-state index contributed by atoms with van der Waals surface area (Å²) in [5.41, 5.74) is 0.879. The molecule has 0 saturated heterocycles. The van der Waals surface area contributed by atoms with E-state index in [1.54, 1.807) is 31.2 Å². The minimum atomic E-state index is -0.561. The highest BCUT2D eigenvalue weighted by Gasteiger charge is 2.16. The normalized spacial score (nSPS) is 10.1. The van der Waals surface area contributed by atoms with Gasteiger partial charge in [0, 0.05) is 0 Å². The molecule has 0 saturated carbocycles. The Labute approximate surface area is 115 Å². The van der Waals surface area contributed by atoms with Crippen molar-refractivity contribution in [3.8, 4) is 5.69 Å². The number of ether oxygens (including phenoxy) is 2. The molecule has 0 spiro atoms. The maximum atomic E-state index is 11.7. The number of rotatable bonds is 4. The molecule has 104 valence electrons. The Hall–Kier alpha value is -2.70. The van der Waals surface area contributed by atoms with E-state index in [1.807, 2.05) is 0 Å². The zero-order chi connectivity index (χ0) is 14.5. The van der Waals surface area contributed by atoms with Gasteiger partial charge in [-0.1, -0.05) is 17.3 Å². The molecule has 7 nitrogen and oxygen atoms in total. The van der Waals surface area contributed by atoms with E-state index in [-0.39, 0.29) is 12.3 Å². The fourth-order valence-corrected chi connectivity index (χ4v) is 1.64. The van der Waals surface area contributed by atoms with Crippen molar-refractivity contribution in [2.45, 2.75) is 6.92 Å². The molecule has 0 N–H and O–H groups in total. The molecule has 0 aliphatic heterocycles. The first-order chi connectivity index (χ1) is 9.67. The molecule has 7 heteroatoms. The van der Waals surface area contributed by atoms with Crippen LogP contribution in [-0.4, -0.2) is 40.6 Å². The van der Waals surface area contributed by atoms with Gasteiger partial charge in [0.05, 0.1) is 31.2 Å². The standard InChI is InChI=1S/C13H13N3O4/c1-3-20-13(18)10-8-16(15-14-10)11-7-5-4-6-9(11)12(17)19-2/h4-8H,3H2,1-2H3. The van der Waals surface area contributed by atoms with Crippen molar-refractivity contribution >= 4 is 11.9 Å². The first-order valence-electron chi connectivity index (χ1n) is 5.94. The third-order valence-corrected chi connectivity index (χ3v) is 2.53. The lowest BCUT2D eigenvalue weighted by Crippen LogP contribution is -2.08. The van der Waals surface area contributed by atoms with Crippen LogP contribution in [0.3, 0.4) is 0 Å². The van der Waals surface area contributed by atoms with Crippen LogP contribution in [0.15, 0.2) is 30.5 Å². The molecule has 0 aliphatic carbocycles. The summed E-state index contributed by atoms with van der Waals surface area (Å²) >= 11 is 0. The zero-order valence-corrected chi connectivity index (χ0v) is 11.1. The highest BCUT2D eigenvalue weighted by molar-refractivity contribution is 5.93. The summed E-state index contributed by atoms with van der Waals surface area (Å²) in [6.45, 7) is 1.96. The molecule has 0 bridgehead atoms. The zero-order valence-electron chi connectivity index (χ0n) is 11.1. The molecule has 0 atom stereocenters. The largest absolute Gasteiger partial charge is 0.465 e. The molecule has 0 unspecified atom stereocenters. The number of para-hydroxylation sites is 1. The number of methoxy groups -OCH3 is 1. The average molecular weight is 275 g/mol. The van der Waals surface area contributed by atoms with Crippen LogP contribution in [0.25, 0.3) is 5.69 Å². The fourth-order valence-electron chi connectivity index (χ4n) is 1.64. The van der Waals surface area contributed by atoms with Crippen molar-refractivity contribution in [1.29, 1.82) is 0 Å². The van der Waals surface area contributed by atoms with Gasteiger partial charge in [-0.25, -0.2) is 14.3 Å². The Morgan fingerprint density at radius 3 is 2.70 bits per heavy atom. The van der Waals surface area contributed by atoms with E-state index in [4.69, 9.17) is 9.47 Å². The van der Waals surface area contributed by atoms with E-state index in [0.29, 0.717) is 11.3 Å². The molecule has 0 aliphatic rings. The van der Waals surface area contributed by atoms with Crippen LogP contribution in [0.4, 0.5) is 0 Å². The fraction of sp³-hybridized carbons (Fsp3) is 0.231. The lowest BCUT2D eigenvalue weighted by Gasteiger charge is -2.06. The van der Waals surface area contributed by atoms with Gasteiger partial charge in [-0.15, -0.1) is 5.10 Å². The molecule has 1 heterocycles. The molecule has 1 aromatic heterocycles.